The summed E-state index contributed by atoms with van der Waals surface area (Å²) in [5.41, 5.74) is 5.06. The molecule has 0 saturated heterocycles. The Kier molecular flexibility index (Phi) is 4.02. The van der Waals surface area contributed by atoms with Gasteiger partial charge in [0.1, 0.15) is 24.3 Å². The highest BCUT2D eigenvalue weighted by Gasteiger charge is 2.24. The Labute approximate surface area is 157 Å². The zero-order valence-corrected chi connectivity index (χ0v) is 16.2. The molecule has 0 atom stereocenters. The van der Waals surface area contributed by atoms with Crippen molar-refractivity contribution in [3.8, 4) is 11.3 Å². The molecule has 0 aliphatic rings. The summed E-state index contributed by atoms with van der Waals surface area (Å²) in [7, 11) is 1.97. The lowest BCUT2D eigenvalue weighted by Crippen LogP contribution is -2.31. The van der Waals surface area contributed by atoms with Gasteiger partial charge >= 0.3 is 0 Å². The number of pyridine rings is 1. The molecule has 0 N–H and O–H groups in total. The van der Waals surface area contributed by atoms with E-state index in [-0.39, 0.29) is 11.6 Å². The smallest absolute Gasteiger partial charge is 0.216 e. The molecule has 2 nitrogen and oxygen atoms in total. The Hall–Kier alpha value is -2.75. The first-order chi connectivity index (χ1) is 12.8. The molecule has 0 aliphatic heterocycles. The van der Waals surface area contributed by atoms with Gasteiger partial charge in [0.2, 0.25) is 5.69 Å². The van der Waals surface area contributed by atoms with E-state index in [4.69, 9.17) is 4.42 Å². The van der Waals surface area contributed by atoms with Gasteiger partial charge in [-0.15, -0.1) is 0 Å². The highest BCUT2D eigenvalue weighted by Crippen LogP contribution is 2.39. The van der Waals surface area contributed by atoms with Crippen LogP contribution in [0.25, 0.3) is 33.2 Å². The Balaban J connectivity index is 2.10. The third-order valence-corrected chi connectivity index (χ3v) is 5.25. The largest absolute Gasteiger partial charge is 0.455 e. The summed E-state index contributed by atoms with van der Waals surface area (Å²) < 4.78 is 36.9. The van der Waals surface area contributed by atoms with Gasteiger partial charge in [0, 0.05) is 23.1 Å². The second-order valence-corrected chi connectivity index (χ2v) is 7.57. The van der Waals surface area contributed by atoms with Gasteiger partial charge in [0.05, 0.1) is 10.9 Å². The minimum atomic E-state index is -0.355. The SMILES string of the molecule is Cc1cc2c(cc1F)oc1c(-c3ccc(C(C)C)c[n+]3C)c(C)cc(F)c12. The Morgan fingerprint density at radius 3 is 2.37 bits per heavy atom. The van der Waals surface area contributed by atoms with Gasteiger partial charge in [-0.25, -0.2) is 13.3 Å². The van der Waals surface area contributed by atoms with Crippen LogP contribution in [0.3, 0.4) is 0 Å². The van der Waals surface area contributed by atoms with Crippen molar-refractivity contribution in [2.75, 3.05) is 0 Å². The van der Waals surface area contributed by atoms with Crippen LogP contribution in [-0.4, -0.2) is 0 Å². The van der Waals surface area contributed by atoms with E-state index in [2.05, 4.69) is 26.1 Å². The van der Waals surface area contributed by atoms with Gasteiger partial charge in [-0.2, -0.15) is 0 Å². The number of nitrogens with zero attached hydrogens (tertiary/aromatic N) is 1. The van der Waals surface area contributed by atoms with E-state index in [1.165, 1.54) is 17.7 Å². The molecule has 2 aromatic carbocycles. The molecule has 2 aromatic heterocycles. The molecule has 0 amide bonds. The zero-order chi connectivity index (χ0) is 19.5. The predicted molar refractivity (Wildman–Crippen MR) is 104 cm³/mol. The number of aryl methyl sites for hydroxylation is 3. The molecule has 0 radical (unpaired) electrons. The van der Waals surface area contributed by atoms with Gasteiger partial charge in [0.15, 0.2) is 11.8 Å². The maximum Gasteiger partial charge on any atom is 0.216 e. The standard InChI is InChI=1S/C23H22F2NO/c1-12(2)15-6-7-19(26(5)11-15)21-14(4)9-18(25)22-16-8-13(3)17(24)10-20(16)27-23(21)22/h6-12H,1-5H3/q+1. The molecule has 0 spiro atoms. The van der Waals surface area contributed by atoms with Crippen LogP contribution in [-0.2, 0) is 7.05 Å². The number of aromatic nitrogens is 1. The van der Waals surface area contributed by atoms with E-state index in [1.54, 1.807) is 13.0 Å². The topological polar surface area (TPSA) is 17.0 Å². The summed E-state index contributed by atoms with van der Waals surface area (Å²) in [6, 6.07) is 8.64. The lowest BCUT2D eigenvalue weighted by Gasteiger charge is -2.09. The van der Waals surface area contributed by atoms with Crippen LogP contribution in [0.1, 0.15) is 36.5 Å². The minimum absolute atomic E-state index is 0.350. The number of benzene rings is 2. The molecule has 4 rings (SSSR count). The lowest BCUT2D eigenvalue weighted by molar-refractivity contribution is -0.660. The van der Waals surface area contributed by atoms with Crippen LogP contribution in [0.5, 0.6) is 0 Å². The number of hydrogen-bond acceptors (Lipinski definition) is 1. The Bertz CT molecular complexity index is 1200. The van der Waals surface area contributed by atoms with Crippen molar-refractivity contribution in [1.29, 1.82) is 0 Å². The molecule has 0 bridgehead atoms. The summed E-state index contributed by atoms with van der Waals surface area (Å²) >= 11 is 0. The van der Waals surface area contributed by atoms with Crippen LogP contribution in [0.15, 0.2) is 40.9 Å². The number of halogens is 2. The first kappa shape index (κ1) is 17.7. The fraction of sp³-hybridized carbons (Fsp3) is 0.261. The highest BCUT2D eigenvalue weighted by molar-refractivity contribution is 6.10. The van der Waals surface area contributed by atoms with Crippen molar-refractivity contribution >= 4 is 21.9 Å². The fourth-order valence-corrected chi connectivity index (χ4v) is 3.70. The first-order valence-corrected chi connectivity index (χ1v) is 9.09. The third kappa shape index (κ3) is 2.71. The van der Waals surface area contributed by atoms with Crippen molar-refractivity contribution in [3.05, 3.63) is 64.9 Å². The van der Waals surface area contributed by atoms with Gasteiger partial charge < -0.3 is 4.42 Å². The molecule has 2 heterocycles. The number of furan rings is 1. The van der Waals surface area contributed by atoms with Gasteiger partial charge in [0.25, 0.3) is 0 Å². The molecular formula is C23H22F2NO+. The monoisotopic (exact) mass is 366 g/mol. The van der Waals surface area contributed by atoms with Crippen LogP contribution in [0.2, 0.25) is 0 Å². The zero-order valence-electron chi connectivity index (χ0n) is 16.2. The summed E-state index contributed by atoms with van der Waals surface area (Å²) in [6.07, 6.45) is 2.08. The van der Waals surface area contributed by atoms with E-state index in [0.29, 0.717) is 33.4 Å². The molecule has 0 unspecified atom stereocenters. The van der Waals surface area contributed by atoms with E-state index >= 15 is 0 Å². The van der Waals surface area contributed by atoms with Crippen LogP contribution < -0.4 is 4.57 Å². The quantitative estimate of drug-likeness (QED) is 0.392. The summed E-state index contributed by atoms with van der Waals surface area (Å²) in [5, 5.41) is 1.01. The molecule has 138 valence electrons. The van der Waals surface area contributed by atoms with Crippen molar-refractivity contribution in [3.63, 3.8) is 0 Å². The van der Waals surface area contributed by atoms with Crippen molar-refractivity contribution in [2.45, 2.75) is 33.6 Å². The van der Waals surface area contributed by atoms with Crippen molar-refractivity contribution in [1.82, 2.24) is 0 Å². The maximum absolute atomic E-state index is 14.8. The van der Waals surface area contributed by atoms with Gasteiger partial charge in [-0.1, -0.05) is 13.8 Å². The highest BCUT2D eigenvalue weighted by atomic mass is 19.1. The van der Waals surface area contributed by atoms with E-state index < -0.39 is 0 Å². The number of fused-ring (bicyclic) bond motifs is 3. The normalized spacial score (nSPS) is 11.9. The third-order valence-electron chi connectivity index (χ3n) is 5.25. The lowest BCUT2D eigenvalue weighted by atomic mass is 9.98. The van der Waals surface area contributed by atoms with Crippen LogP contribution in [0.4, 0.5) is 8.78 Å². The van der Waals surface area contributed by atoms with Gasteiger partial charge in [-0.3, -0.25) is 0 Å². The molecular weight excluding hydrogens is 344 g/mol. The summed E-state index contributed by atoms with van der Waals surface area (Å²) in [6.45, 7) is 7.83. The summed E-state index contributed by atoms with van der Waals surface area (Å²) in [4.78, 5) is 0. The molecule has 0 fully saturated rings. The average molecular weight is 366 g/mol. The Morgan fingerprint density at radius 1 is 0.963 bits per heavy atom. The average Bonchev–Trinajstić information content (AvgIpc) is 2.94. The molecule has 0 aliphatic carbocycles. The Morgan fingerprint density at radius 2 is 1.70 bits per heavy atom. The second kappa shape index (κ2) is 6.15. The van der Waals surface area contributed by atoms with E-state index in [0.717, 1.165) is 16.8 Å². The maximum atomic E-state index is 14.8. The van der Waals surface area contributed by atoms with Crippen molar-refractivity contribution in [2.24, 2.45) is 7.05 Å². The van der Waals surface area contributed by atoms with Gasteiger partial charge in [-0.05, 0) is 49.1 Å². The van der Waals surface area contributed by atoms with E-state index in [9.17, 15) is 8.78 Å². The van der Waals surface area contributed by atoms with Crippen LogP contribution in [0, 0.1) is 25.5 Å². The number of hydrogen-bond donors (Lipinski definition) is 0. The number of rotatable bonds is 2. The molecule has 27 heavy (non-hydrogen) atoms. The predicted octanol–water partition coefficient (Wildman–Crippen LogP) is 6.10. The fourth-order valence-electron chi connectivity index (χ4n) is 3.70. The minimum Gasteiger partial charge on any atom is -0.455 e. The first-order valence-electron chi connectivity index (χ1n) is 9.09. The van der Waals surface area contributed by atoms with Crippen molar-refractivity contribution < 1.29 is 17.8 Å². The molecule has 0 saturated carbocycles. The second-order valence-electron chi connectivity index (χ2n) is 7.57. The molecule has 4 heteroatoms. The summed E-state index contributed by atoms with van der Waals surface area (Å²) in [5.74, 6) is -0.290. The van der Waals surface area contributed by atoms with E-state index in [1.807, 2.05) is 24.6 Å². The molecule has 4 aromatic rings. The van der Waals surface area contributed by atoms with Crippen LogP contribution >= 0.6 is 0 Å².